The SMILES string of the molecule is CC(=O)NC1CCN(c2ccc([C@@H](C)N)cc2Cl)CC1. The van der Waals surface area contributed by atoms with E-state index in [1.807, 2.05) is 25.1 Å². The number of hydrogen-bond acceptors (Lipinski definition) is 3. The average molecular weight is 296 g/mol. The zero-order valence-corrected chi connectivity index (χ0v) is 12.8. The second-order valence-corrected chi connectivity index (χ2v) is 5.87. The second kappa shape index (κ2) is 6.46. The van der Waals surface area contributed by atoms with E-state index < -0.39 is 0 Å². The number of carbonyl (C=O) groups excluding carboxylic acids is 1. The minimum Gasteiger partial charge on any atom is -0.370 e. The molecule has 1 aromatic rings. The van der Waals surface area contributed by atoms with Crippen LogP contribution < -0.4 is 16.0 Å². The summed E-state index contributed by atoms with van der Waals surface area (Å²) in [6.45, 7) is 5.32. The molecule has 1 atom stereocenters. The van der Waals surface area contributed by atoms with Crippen molar-refractivity contribution >= 4 is 23.2 Å². The Labute approximate surface area is 125 Å². The van der Waals surface area contributed by atoms with E-state index in [1.165, 1.54) is 0 Å². The van der Waals surface area contributed by atoms with Crippen molar-refractivity contribution in [2.45, 2.75) is 38.8 Å². The zero-order chi connectivity index (χ0) is 14.7. The van der Waals surface area contributed by atoms with Gasteiger partial charge in [0.2, 0.25) is 5.91 Å². The van der Waals surface area contributed by atoms with Crippen molar-refractivity contribution in [3.63, 3.8) is 0 Å². The number of piperidine rings is 1. The zero-order valence-electron chi connectivity index (χ0n) is 12.0. The van der Waals surface area contributed by atoms with E-state index in [9.17, 15) is 4.79 Å². The van der Waals surface area contributed by atoms with E-state index in [-0.39, 0.29) is 18.0 Å². The summed E-state index contributed by atoms with van der Waals surface area (Å²) in [6, 6.07) is 6.30. The van der Waals surface area contributed by atoms with Crippen LogP contribution in [-0.4, -0.2) is 25.0 Å². The summed E-state index contributed by atoms with van der Waals surface area (Å²) in [5, 5.41) is 3.73. The lowest BCUT2D eigenvalue weighted by molar-refractivity contribution is -0.119. The largest absolute Gasteiger partial charge is 0.370 e. The first-order valence-electron chi connectivity index (χ1n) is 7.04. The van der Waals surface area contributed by atoms with Crippen molar-refractivity contribution in [2.24, 2.45) is 5.73 Å². The Morgan fingerprint density at radius 3 is 2.60 bits per heavy atom. The van der Waals surface area contributed by atoms with Gasteiger partial charge >= 0.3 is 0 Å². The molecule has 0 radical (unpaired) electrons. The van der Waals surface area contributed by atoms with Crippen molar-refractivity contribution in [1.29, 1.82) is 0 Å². The first kappa shape index (κ1) is 15.1. The molecule has 2 rings (SSSR count). The fraction of sp³-hybridized carbons (Fsp3) is 0.533. The maximum Gasteiger partial charge on any atom is 0.217 e. The number of hydrogen-bond donors (Lipinski definition) is 2. The molecule has 0 unspecified atom stereocenters. The normalized spacial score (nSPS) is 17.9. The van der Waals surface area contributed by atoms with E-state index in [1.54, 1.807) is 6.92 Å². The van der Waals surface area contributed by atoms with Gasteiger partial charge in [-0.3, -0.25) is 4.79 Å². The summed E-state index contributed by atoms with van der Waals surface area (Å²) >= 11 is 6.36. The average Bonchev–Trinajstić information content (AvgIpc) is 2.39. The van der Waals surface area contributed by atoms with Crippen LogP contribution in [0.25, 0.3) is 0 Å². The number of benzene rings is 1. The monoisotopic (exact) mass is 295 g/mol. The molecule has 0 saturated carbocycles. The molecule has 1 amide bonds. The fourth-order valence-electron chi connectivity index (χ4n) is 2.62. The van der Waals surface area contributed by atoms with Crippen LogP contribution in [0.2, 0.25) is 5.02 Å². The van der Waals surface area contributed by atoms with Gasteiger partial charge in [-0.15, -0.1) is 0 Å². The third-order valence-electron chi connectivity index (χ3n) is 3.74. The van der Waals surface area contributed by atoms with Crippen molar-refractivity contribution in [3.8, 4) is 0 Å². The first-order valence-corrected chi connectivity index (χ1v) is 7.42. The van der Waals surface area contributed by atoms with Gasteiger partial charge in [0.25, 0.3) is 0 Å². The molecule has 1 aliphatic rings. The third kappa shape index (κ3) is 3.64. The number of anilines is 1. The van der Waals surface area contributed by atoms with Crippen LogP contribution in [0.4, 0.5) is 5.69 Å². The summed E-state index contributed by atoms with van der Waals surface area (Å²) < 4.78 is 0. The van der Waals surface area contributed by atoms with Crippen LogP contribution in [0.15, 0.2) is 18.2 Å². The Hall–Kier alpha value is -1.26. The predicted octanol–water partition coefficient (Wildman–Crippen LogP) is 2.46. The maximum atomic E-state index is 11.1. The molecule has 1 aliphatic heterocycles. The smallest absolute Gasteiger partial charge is 0.217 e. The van der Waals surface area contributed by atoms with Gasteiger partial charge in [-0.1, -0.05) is 17.7 Å². The van der Waals surface area contributed by atoms with Gasteiger partial charge in [0.05, 0.1) is 10.7 Å². The van der Waals surface area contributed by atoms with Gasteiger partial charge in [-0.25, -0.2) is 0 Å². The van der Waals surface area contributed by atoms with E-state index in [4.69, 9.17) is 17.3 Å². The molecule has 0 spiro atoms. The summed E-state index contributed by atoms with van der Waals surface area (Å²) in [6.07, 6.45) is 1.90. The van der Waals surface area contributed by atoms with Crippen molar-refractivity contribution in [1.82, 2.24) is 5.32 Å². The molecule has 0 aromatic heterocycles. The van der Waals surface area contributed by atoms with Crippen molar-refractivity contribution in [2.75, 3.05) is 18.0 Å². The lowest BCUT2D eigenvalue weighted by Gasteiger charge is -2.34. The number of nitrogens with one attached hydrogen (secondary N) is 1. The third-order valence-corrected chi connectivity index (χ3v) is 4.04. The minimum absolute atomic E-state index is 0.00736. The van der Waals surface area contributed by atoms with Crippen LogP contribution in [0.1, 0.15) is 38.3 Å². The summed E-state index contributed by atoms with van der Waals surface area (Å²) in [5.74, 6) is 0.0442. The lowest BCUT2D eigenvalue weighted by atomic mass is 10.0. The molecular formula is C15H22ClN3O. The van der Waals surface area contributed by atoms with Crippen LogP contribution >= 0.6 is 11.6 Å². The Kier molecular flexibility index (Phi) is 4.89. The highest BCUT2D eigenvalue weighted by atomic mass is 35.5. The highest BCUT2D eigenvalue weighted by Gasteiger charge is 2.21. The second-order valence-electron chi connectivity index (χ2n) is 5.46. The number of rotatable bonds is 3. The van der Waals surface area contributed by atoms with Crippen molar-refractivity contribution < 1.29 is 4.79 Å². The molecule has 0 bridgehead atoms. The number of halogens is 1. The first-order chi connectivity index (χ1) is 9.47. The molecule has 1 saturated heterocycles. The van der Waals surface area contributed by atoms with Crippen LogP contribution in [0, 0.1) is 0 Å². The number of nitrogens with two attached hydrogens (primary N) is 1. The van der Waals surface area contributed by atoms with Gasteiger partial charge in [-0.2, -0.15) is 0 Å². The van der Waals surface area contributed by atoms with Gasteiger partial charge in [0.15, 0.2) is 0 Å². The van der Waals surface area contributed by atoms with Crippen molar-refractivity contribution in [3.05, 3.63) is 28.8 Å². The van der Waals surface area contributed by atoms with E-state index in [0.717, 1.165) is 42.2 Å². The molecule has 5 heteroatoms. The van der Waals surface area contributed by atoms with E-state index >= 15 is 0 Å². The Balaban J connectivity index is 2.02. The summed E-state index contributed by atoms with van der Waals surface area (Å²) in [7, 11) is 0. The summed E-state index contributed by atoms with van der Waals surface area (Å²) in [5.41, 5.74) is 7.96. The maximum absolute atomic E-state index is 11.1. The van der Waals surface area contributed by atoms with E-state index in [0.29, 0.717) is 0 Å². The van der Waals surface area contributed by atoms with Gasteiger partial charge < -0.3 is 16.0 Å². The topological polar surface area (TPSA) is 58.4 Å². The molecule has 0 aliphatic carbocycles. The molecule has 1 aromatic carbocycles. The van der Waals surface area contributed by atoms with Crippen LogP contribution in [0.5, 0.6) is 0 Å². The van der Waals surface area contributed by atoms with Crippen LogP contribution in [0.3, 0.4) is 0 Å². The number of amides is 1. The Bertz CT molecular complexity index is 482. The molecule has 3 N–H and O–H groups in total. The quantitative estimate of drug-likeness (QED) is 0.900. The molecule has 1 heterocycles. The van der Waals surface area contributed by atoms with E-state index in [2.05, 4.69) is 10.2 Å². The minimum atomic E-state index is -0.00736. The molecule has 110 valence electrons. The predicted molar refractivity (Wildman–Crippen MR) is 83.1 cm³/mol. The lowest BCUT2D eigenvalue weighted by Crippen LogP contribution is -2.44. The van der Waals surface area contributed by atoms with Gasteiger partial charge in [-0.05, 0) is 37.5 Å². The molecule has 1 fully saturated rings. The van der Waals surface area contributed by atoms with Gasteiger partial charge in [0.1, 0.15) is 0 Å². The van der Waals surface area contributed by atoms with Crippen LogP contribution in [-0.2, 0) is 4.79 Å². The Morgan fingerprint density at radius 1 is 1.45 bits per heavy atom. The fourth-order valence-corrected chi connectivity index (χ4v) is 2.92. The molecule has 4 nitrogen and oxygen atoms in total. The molecule has 20 heavy (non-hydrogen) atoms. The Morgan fingerprint density at radius 2 is 2.10 bits per heavy atom. The molecular weight excluding hydrogens is 274 g/mol. The van der Waals surface area contributed by atoms with Gasteiger partial charge in [0, 0.05) is 32.1 Å². The standard InChI is InChI=1S/C15H22ClN3O/c1-10(17)12-3-4-15(14(16)9-12)19-7-5-13(6-8-19)18-11(2)20/h3-4,9-10,13H,5-8,17H2,1-2H3,(H,18,20)/t10-/m1/s1. The summed E-state index contributed by atoms with van der Waals surface area (Å²) in [4.78, 5) is 13.3. The number of nitrogens with zero attached hydrogens (tertiary/aromatic N) is 1. The highest BCUT2D eigenvalue weighted by Crippen LogP contribution is 2.30. The highest BCUT2D eigenvalue weighted by molar-refractivity contribution is 6.33. The number of carbonyl (C=O) groups is 1.